The molecule has 1 fully saturated rings. The first kappa shape index (κ1) is 14.2. The zero-order chi connectivity index (χ0) is 15.8. The third-order valence-electron chi connectivity index (χ3n) is 4.30. The number of aromatic nitrogens is 5. The lowest BCUT2D eigenvalue weighted by molar-refractivity contribution is 0.140. The van der Waals surface area contributed by atoms with Crippen molar-refractivity contribution in [3.63, 3.8) is 0 Å². The molecule has 0 amide bonds. The van der Waals surface area contributed by atoms with Gasteiger partial charge in [0.1, 0.15) is 11.6 Å². The van der Waals surface area contributed by atoms with Gasteiger partial charge in [0.2, 0.25) is 5.88 Å². The van der Waals surface area contributed by atoms with Gasteiger partial charge in [-0.05, 0) is 31.7 Å². The van der Waals surface area contributed by atoms with Crippen molar-refractivity contribution < 1.29 is 4.74 Å². The van der Waals surface area contributed by atoms with E-state index in [0.717, 1.165) is 42.5 Å². The van der Waals surface area contributed by atoms with Crippen LogP contribution in [0.4, 0.5) is 0 Å². The second-order valence-corrected chi connectivity index (χ2v) is 6.16. The van der Waals surface area contributed by atoms with Crippen LogP contribution in [-0.2, 0) is 7.05 Å². The molecule has 23 heavy (non-hydrogen) atoms. The molecule has 1 saturated carbocycles. The Bertz CT molecular complexity index is 823. The van der Waals surface area contributed by atoms with Crippen molar-refractivity contribution in [3.8, 4) is 17.1 Å². The minimum absolute atomic E-state index is 0.120. The summed E-state index contributed by atoms with van der Waals surface area (Å²) in [6.07, 6.45) is 11.6. The number of ether oxygens (including phenoxy) is 1. The molecule has 7 nitrogen and oxygen atoms in total. The van der Waals surface area contributed by atoms with Crippen molar-refractivity contribution in [1.29, 1.82) is 0 Å². The van der Waals surface area contributed by atoms with E-state index >= 15 is 0 Å². The van der Waals surface area contributed by atoms with Crippen LogP contribution in [0.5, 0.6) is 5.88 Å². The Morgan fingerprint density at radius 3 is 2.96 bits per heavy atom. The molecule has 2 N–H and O–H groups in total. The normalized spacial score (nSPS) is 21.7. The molecule has 7 heteroatoms. The van der Waals surface area contributed by atoms with E-state index in [9.17, 15) is 0 Å². The number of fused-ring (bicyclic) bond motifs is 1. The molecule has 3 aromatic heterocycles. The summed E-state index contributed by atoms with van der Waals surface area (Å²) in [5.41, 5.74) is 8.67. The van der Waals surface area contributed by atoms with Gasteiger partial charge in [0, 0.05) is 24.8 Å². The van der Waals surface area contributed by atoms with Crippen LogP contribution in [0, 0.1) is 0 Å². The molecule has 1 aliphatic rings. The van der Waals surface area contributed by atoms with Gasteiger partial charge in [-0.2, -0.15) is 10.2 Å². The number of rotatable bonds is 3. The van der Waals surface area contributed by atoms with Crippen LogP contribution in [0.15, 0.2) is 30.9 Å². The van der Waals surface area contributed by atoms with E-state index < -0.39 is 0 Å². The summed E-state index contributed by atoms with van der Waals surface area (Å²) in [6, 6.07) is 2.13. The second-order valence-electron chi connectivity index (χ2n) is 6.16. The van der Waals surface area contributed by atoms with E-state index in [1.54, 1.807) is 21.6 Å². The maximum Gasteiger partial charge on any atom is 0.240 e. The molecule has 0 aromatic carbocycles. The molecule has 0 bridgehead atoms. The molecule has 2 atom stereocenters. The van der Waals surface area contributed by atoms with Crippen LogP contribution < -0.4 is 10.5 Å². The Kier molecular flexibility index (Phi) is 3.49. The summed E-state index contributed by atoms with van der Waals surface area (Å²) in [4.78, 5) is 4.70. The Labute approximate surface area is 134 Å². The van der Waals surface area contributed by atoms with Crippen molar-refractivity contribution in [3.05, 3.63) is 30.9 Å². The monoisotopic (exact) mass is 312 g/mol. The lowest BCUT2D eigenvalue weighted by Gasteiger charge is -2.27. The van der Waals surface area contributed by atoms with Crippen molar-refractivity contribution in [2.75, 3.05) is 0 Å². The summed E-state index contributed by atoms with van der Waals surface area (Å²) < 4.78 is 9.74. The second kappa shape index (κ2) is 5.66. The fourth-order valence-electron chi connectivity index (χ4n) is 3.12. The highest BCUT2D eigenvalue weighted by Crippen LogP contribution is 2.27. The van der Waals surface area contributed by atoms with Gasteiger partial charge in [-0.25, -0.2) is 9.50 Å². The highest BCUT2D eigenvalue weighted by molar-refractivity contribution is 5.63. The van der Waals surface area contributed by atoms with E-state index in [1.807, 2.05) is 25.5 Å². The molecule has 3 heterocycles. The van der Waals surface area contributed by atoms with Gasteiger partial charge in [-0.1, -0.05) is 0 Å². The molecule has 4 rings (SSSR count). The van der Waals surface area contributed by atoms with Gasteiger partial charge in [0.25, 0.3) is 0 Å². The van der Waals surface area contributed by atoms with Gasteiger partial charge in [0.05, 0.1) is 24.3 Å². The van der Waals surface area contributed by atoms with Crippen LogP contribution in [0.25, 0.3) is 16.8 Å². The molecule has 3 aromatic rings. The number of hydrogen-bond donors (Lipinski definition) is 1. The molecule has 0 unspecified atom stereocenters. The molecule has 0 aliphatic heterocycles. The average molecular weight is 312 g/mol. The Hall–Kier alpha value is -2.41. The zero-order valence-corrected chi connectivity index (χ0v) is 13.1. The maximum atomic E-state index is 6.19. The van der Waals surface area contributed by atoms with Crippen LogP contribution >= 0.6 is 0 Å². The molecular weight excluding hydrogens is 292 g/mol. The van der Waals surface area contributed by atoms with Gasteiger partial charge >= 0.3 is 0 Å². The standard InChI is InChI=1S/C16H20N6O/c1-21-9-11(8-19-21)14-10-22-15(5-6-18-22)16(20-14)23-13-4-2-3-12(17)7-13/h5-6,8-10,12-13H,2-4,7,17H2,1H3/t12-,13+/m1/s1. The van der Waals surface area contributed by atoms with Gasteiger partial charge in [-0.3, -0.25) is 4.68 Å². The molecule has 1 aliphatic carbocycles. The SMILES string of the molecule is Cn1cc(-c2cn3nccc3c(O[C@H]3CCC[C@@H](N)C3)n2)cn1. The minimum Gasteiger partial charge on any atom is -0.473 e. The zero-order valence-electron chi connectivity index (χ0n) is 13.1. The number of hydrogen-bond acceptors (Lipinski definition) is 5. The van der Waals surface area contributed by atoms with E-state index in [-0.39, 0.29) is 12.1 Å². The summed E-state index contributed by atoms with van der Waals surface area (Å²) in [6.45, 7) is 0. The average Bonchev–Trinajstić information content (AvgIpc) is 3.16. The Morgan fingerprint density at radius 2 is 2.17 bits per heavy atom. The van der Waals surface area contributed by atoms with Gasteiger partial charge in [-0.15, -0.1) is 0 Å². The van der Waals surface area contributed by atoms with E-state index in [1.165, 1.54) is 0 Å². The topological polar surface area (TPSA) is 83.3 Å². The van der Waals surface area contributed by atoms with Gasteiger partial charge in [0.15, 0.2) is 0 Å². The highest BCUT2D eigenvalue weighted by atomic mass is 16.5. The van der Waals surface area contributed by atoms with Crippen LogP contribution in [-0.4, -0.2) is 36.5 Å². The lowest BCUT2D eigenvalue weighted by atomic mass is 9.94. The number of nitrogens with zero attached hydrogens (tertiary/aromatic N) is 5. The minimum atomic E-state index is 0.120. The van der Waals surface area contributed by atoms with Crippen LogP contribution in [0.2, 0.25) is 0 Å². The maximum absolute atomic E-state index is 6.19. The van der Waals surface area contributed by atoms with Crippen molar-refractivity contribution in [2.45, 2.75) is 37.8 Å². The van der Waals surface area contributed by atoms with Crippen molar-refractivity contribution in [1.82, 2.24) is 24.4 Å². The highest BCUT2D eigenvalue weighted by Gasteiger charge is 2.22. The first-order valence-corrected chi connectivity index (χ1v) is 7.95. The molecule has 0 radical (unpaired) electrons. The largest absolute Gasteiger partial charge is 0.473 e. The number of aryl methyl sites for hydroxylation is 1. The van der Waals surface area contributed by atoms with Gasteiger partial charge < -0.3 is 10.5 Å². The quantitative estimate of drug-likeness (QED) is 0.797. The third kappa shape index (κ3) is 2.79. The predicted octanol–water partition coefficient (Wildman–Crippen LogP) is 1.78. The molecule has 120 valence electrons. The first-order valence-electron chi connectivity index (χ1n) is 7.95. The fraction of sp³-hybridized carbons (Fsp3) is 0.438. The van der Waals surface area contributed by atoms with Crippen molar-refractivity contribution in [2.24, 2.45) is 12.8 Å². The van der Waals surface area contributed by atoms with Crippen LogP contribution in [0.1, 0.15) is 25.7 Å². The lowest BCUT2D eigenvalue weighted by Crippen LogP contribution is -2.34. The molecule has 0 saturated heterocycles. The van der Waals surface area contributed by atoms with E-state index in [2.05, 4.69) is 10.2 Å². The summed E-state index contributed by atoms with van der Waals surface area (Å²) in [5.74, 6) is 0.614. The Morgan fingerprint density at radius 1 is 1.26 bits per heavy atom. The predicted molar refractivity (Wildman–Crippen MR) is 86.0 cm³/mol. The smallest absolute Gasteiger partial charge is 0.240 e. The van der Waals surface area contributed by atoms with E-state index in [0.29, 0.717) is 5.88 Å². The Balaban J connectivity index is 1.71. The molecule has 0 spiro atoms. The van der Waals surface area contributed by atoms with Crippen molar-refractivity contribution >= 4 is 5.52 Å². The summed E-state index contributed by atoms with van der Waals surface area (Å²) in [5, 5.41) is 8.53. The number of nitrogens with two attached hydrogens (primary N) is 1. The van der Waals surface area contributed by atoms with E-state index in [4.69, 9.17) is 15.5 Å². The fourth-order valence-corrected chi connectivity index (χ4v) is 3.12. The van der Waals surface area contributed by atoms with Crippen LogP contribution in [0.3, 0.4) is 0 Å². The summed E-state index contributed by atoms with van der Waals surface area (Å²) in [7, 11) is 1.89. The summed E-state index contributed by atoms with van der Waals surface area (Å²) >= 11 is 0. The first-order chi connectivity index (χ1) is 11.2. The third-order valence-corrected chi connectivity index (χ3v) is 4.30. The molecular formula is C16H20N6O.